The normalized spacial score (nSPS) is 11.7. The van der Waals surface area contributed by atoms with Gasteiger partial charge in [-0.05, 0) is 60.7 Å². The number of anilines is 1. The average Bonchev–Trinajstić information content (AvgIpc) is 2.76. The maximum absolute atomic E-state index is 13.4. The van der Waals surface area contributed by atoms with Crippen molar-refractivity contribution >= 4 is 33.2 Å². The molecule has 3 rings (SSSR count). The predicted octanol–water partition coefficient (Wildman–Crippen LogP) is 5.91. The Bertz CT molecular complexity index is 1220. The summed E-state index contributed by atoms with van der Waals surface area (Å²) in [4.78, 5) is 13.2. The molecule has 1 N–H and O–H groups in total. The number of halogens is 1. The van der Waals surface area contributed by atoms with Crippen LogP contribution in [0, 0.1) is 13.8 Å². The number of carbonyl (C=O) groups is 1. The lowest BCUT2D eigenvalue weighted by molar-refractivity contribution is -0.116. The first-order valence-corrected chi connectivity index (χ1v) is 12.6. The number of nitrogens with zero attached hydrogens (tertiary/aromatic N) is 1. The molecular weight excluding hydrogens is 456 g/mol. The lowest BCUT2D eigenvalue weighted by Gasteiger charge is -2.23. The highest BCUT2D eigenvalue weighted by Gasteiger charge is 2.27. The van der Waals surface area contributed by atoms with Crippen LogP contribution in [0.15, 0.2) is 71.6 Å². The summed E-state index contributed by atoms with van der Waals surface area (Å²) >= 11 is 5.94. The van der Waals surface area contributed by atoms with E-state index in [1.165, 1.54) is 28.6 Å². The van der Waals surface area contributed by atoms with Crippen molar-refractivity contribution in [2.45, 2.75) is 45.1 Å². The molecule has 0 bridgehead atoms. The van der Waals surface area contributed by atoms with E-state index >= 15 is 0 Å². The first kappa shape index (κ1) is 25.0. The van der Waals surface area contributed by atoms with Crippen LogP contribution in [-0.4, -0.2) is 25.2 Å². The summed E-state index contributed by atoms with van der Waals surface area (Å²) in [5, 5.41) is 3.39. The Hall–Kier alpha value is -2.67. The maximum atomic E-state index is 13.4. The second-order valence-corrected chi connectivity index (χ2v) is 10.8. The Kier molecular flexibility index (Phi) is 7.95. The van der Waals surface area contributed by atoms with Crippen molar-refractivity contribution in [3.8, 4) is 0 Å². The molecule has 0 aromatic heterocycles. The Morgan fingerprint density at radius 1 is 0.970 bits per heavy atom. The topological polar surface area (TPSA) is 66.5 Å². The van der Waals surface area contributed by atoms with Gasteiger partial charge in [0.15, 0.2) is 0 Å². The minimum Gasteiger partial charge on any atom is -0.324 e. The fourth-order valence-corrected chi connectivity index (χ4v) is 5.07. The number of hydrogen-bond acceptors (Lipinski definition) is 3. The monoisotopic (exact) mass is 484 g/mol. The zero-order valence-corrected chi connectivity index (χ0v) is 20.9. The molecule has 174 valence electrons. The predicted molar refractivity (Wildman–Crippen MR) is 134 cm³/mol. The lowest BCUT2D eigenvalue weighted by atomic mass is 9.98. The van der Waals surface area contributed by atoms with Gasteiger partial charge in [-0.1, -0.05) is 73.5 Å². The van der Waals surface area contributed by atoms with E-state index in [1.54, 1.807) is 0 Å². The molecule has 0 fully saturated rings. The minimum atomic E-state index is -3.94. The van der Waals surface area contributed by atoms with Crippen molar-refractivity contribution in [2.24, 2.45) is 0 Å². The second kappa shape index (κ2) is 10.5. The molecule has 3 aromatic rings. The van der Waals surface area contributed by atoms with E-state index < -0.39 is 15.9 Å². The van der Waals surface area contributed by atoms with Gasteiger partial charge < -0.3 is 5.32 Å². The fraction of sp³-hybridized carbons (Fsp3) is 0.269. The highest BCUT2D eigenvalue weighted by atomic mass is 35.5. The molecule has 0 spiro atoms. The molecule has 1 amide bonds. The van der Waals surface area contributed by atoms with Crippen LogP contribution in [0.3, 0.4) is 0 Å². The molecule has 5 nitrogen and oxygen atoms in total. The molecule has 0 aliphatic rings. The number of benzene rings is 3. The summed E-state index contributed by atoms with van der Waals surface area (Å²) in [6.07, 6.45) is 0. The van der Waals surface area contributed by atoms with Gasteiger partial charge >= 0.3 is 0 Å². The third-order valence-corrected chi connectivity index (χ3v) is 7.50. The Morgan fingerprint density at radius 3 is 2.21 bits per heavy atom. The Labute approximate surface area is 201 Å². The summed E-state index contributed by atoms with van der Waals surface area (Å²) in [7, 11) is -3.94. The lowest BCUT2D eigenvalue weighted by Crippen LogP contribution is -2.37. The van der Waals surface area contributed by atoms with E-state index in [4.69, 9.17) is 11.6 Å². The van der Waals surface area contributed by atoms with E-state index in [9.17, 15) is 13.2 Å². The summed E-state index contributed by atoms with van der Waals surface area (Å²) in [5.74, 6) is -0.183. The van der Waals surface area contributed by atoms with Crippen LogP contribution in [-0.2, 0) is 21.4 Å². The van der Waals surface area contributed by atoms with Gasteiger partial charge in [0.05, 0.1) is 11.4 Å². The van der Waals surface area contributed by atoms with Crippen LogP contribution in [0.1, 0.15) is 42.0 Å². The van der Waals surface area contributed by atoms with Crippen molar-refractivity contribution in [1.29, 1.82) is 0 Å². The highest BCUT2D eigenvalue weighted by molar-refractivity contribution is 7.89. The molecule has 0 radical (unpaired) electrons. The molecule has 0 atom stereocenters. The number of nitrogens with one attached hydrogen (secondary N) is 1. The first-order valence-electron chi connectivity index (χ1n) is 10.8. The van der Waals surface area contributed by atoms with Crippen LogP contribution in [0.4, 0.5) is 5.69 Å². The largest absolute Gasteiger partial charge is 0.324 e. The number of rotatable bonds is 8. The molecule has 0 aliphatic carbocycles. The SMILES string of the molecule is Cc1ccc(CN(CC(=O)Nc2c(C)cccc2C(C)C)S(=O)(=O)c2ccc(Cl)cc2)cc1. The van der Waals surface area contributed by atoms with E-state index in [2.05, 4.69) is 19.2 Å². The van der Waals surface area contributed by atoms with Gasteiger partial charge in [-0.15, -0.1) is 0 Å². The smallest absolute Gasteiger partial charge is 0.243 e. The molecule has 0 aliphatic heterocycles. The van der Waals surface area contributed by atoms with Crippen molar-refractivity contribution in [3.63, 3.8) is 0 Å². The standard InChI is InChI=1S/C26H29ClN2O3S/c1-18(2)24-7-5-6-20(4)26(24)28-25(30)17-29(16-21-10-8-19(3)9-11-21)33(31,32)23-14-12-22(27)13-15-23/h5-15,18H,16-17H2,1-4H3,(H,28,30). The summed E-state index contributed by atoms with van der Waals surface area (Å²) in [6, 6.07) is 19.4. The number of sulfonamides is 1. The maximum Gasteiger partial charge on any atom is 0.243 e. The van der Waals surface area contributed by atoms with Gasteiger partial charge in [0.1, 0.15) is 0 Å². The Balaban J connectivity index is 1.92. The van der Waals surface area contributed by atoms with Crippen LogP contribution in [0.25, 0.3) is 0 Å². The third-order valence-electron chi connectivity index (χ3n) is 5.44. The van der Waals surface area contributed by atoms with Crippen molar-refractivity contribution < 1.29 is 13.2 Å². The van der Waals surface area contributed by atoms with Crippen LogP contribution in [0.2, 0.25) is 5.02 Å². The molecule has 7 heteroatoms. The zero-order chi connectivity index (χ0) is 24.2. The number of hydrogen-bond donors (Lipinski definition) is 1. The number of carbonyl (C=O) groups excluding carboxylic acids is 1. The molecule has 0 heterocycles. The van der Waals surface area contributed by atoms with E-state index in [0.29, 0.717) is 5.02 Å². The van der Waals surface area contributed by atoms with Crippen LogP contribution >= 0.6 is 11.6 Å². The quantitative estimate of drug-likeness (QED) is 0.432. The molecule has 0 saturated carbocycles. The number of aryl methyl sites for hydroxylation is 2. The molecule has 33 heavy (non-hydrogen) atoms. The van der Waals surface area contributed by atoms with E-state index in [0.717, 1.165) is 27.9 Å². The summed E-state index contributed by atoms with van der Waals surface area (Å²) in [5.41, 5.74) is 4.54. The van der Waals surface area contributed by atoms with Gasteiger partial charge in [-0.2, -0.15) is 4.31 Å². The number of amides is 1. The van der Waals surface area contributed by atoms with Crippen molar-refractivity contribution in [1.82, 2.24) is 4.31 Å². The van der Waals surface area contributed by atoms with Gasteiger partial charge in [-0.25, -0.2) is 8.42 Å². The second-order valence-electron chi connectivity index (χ2n) is 8.45. The third kappa shape index (κ3) is 6.22. The molecule has 0 saturated heterocycles. The van der Waals surface area contributed by atoms with Gasteiger partial charge in [0, 0.05) is 17.3 Å². The van der Waals surface area contributed by atoms with E-state index in [1.807, 2.05) is 56.3 Å². The van der Waals surface area contributed by atoms with Crippen LogP contribution < -0.4 is 5.32 Å². The van der Waals surface area contributed by atoms with Gasteiger partial charge in [0.25, 0.3) is 0 Å². The molecule has 3 aromatic carbocycles. The first-order chi connectivity index (χ1) is 15.6. The van der Waals surface area contributed by atoms with Gasteiger partial charge in [0.2, 0.25) is 15.9 Å². The fourth-order valence-electron chi connectivity index (χ4n) is 3.56. The average molecular weight is 485 g/mol. The molecule has 0 unspecified atom stereocenters. The van der Waals surface area contributed by atoms with Crippen LogP contribution in [0.5, 0.6) is 0 Å². The number of para-hydroxylation sites is 1. The van der Waals surface area contributed by atoms with Crippen molar-refractivity contribution in [3.05, 3.63) is 94.0 Å². The van der Waals surface area contributed by atoms with Crippen molar-refractivity contribution in [2.75, 3.05) is 11.9 Å². The summed E-state index contributed by atoms with van der Waals surface area (Å²) < 4.78 is 28.1. The highest BCUT2D eigenvalue weighted by Crippen LogP contribution is 2.28. The Morgan fingerprint density at radius 2 is 1.61 bits per heavy atom. The van der Waals surface area contributed by atoms with E-state index in [-0.39, 0.29) is 23.9 Å². The minimum absolute atomic E-state index is 0.0729. The summed E-state index contributed by atoms with van der Waals surface area (Å²) in [6.45, 7) is 7.76. The van der Waals surface area contributed by atoms with Gasteiger partial charge in [-0.3, -0.25) is 4.79 Å². The molecular formula is C26H29ClN2O3S. The zero-order valence-electron chi connectivity index (χ0n) is 19.3.